The Hall–Kier alpha value is -1.77. The van der Waals surface area contributed by atoms with E-state index in [4.69, 9.17) is 4.74 Å². The normalized spacial score (nSPS) is 16.6. The lowest BCUT2D eigenvalue weighted by molar-refractivity contribution is -0.119. The summed E-state index contributed by atoms with van der Waals surface area (Å²) in [6, 6.07) is 5.57. The second-order valence-corrected chi connectivity index (χ2v) is 9.20. The molecule has 0 saturated carbocycles. The number of benzene rings is 1. The number of carbonyl (C=O) groups is 2. The number of ether oxygens (including phenoxy) is 1. The minimum absolute atomic E-state index is 0.274. The van der Waals surface area contributed by atoms with Crippen molar-refractivity contribution in [2.45, 2.75) is 90.0 Å². The number of hydrogen-bond donors (Lipinski definition) is 2. The highest BCUT2D eigenvalue weighted by Gasteiger charge is 2.31. The second-order valence-electron chi connectivity index (χ2n) is 8.38. The van der Waals surface area contributed by atoms with Crippen LogP contribution in [-0.4, -0.2) is 39.8 Å². The van der Waals surface area contributed by atoms with E-state index in [-0.39, 0.29) is 5.69 Å². The first-order valence-electron chi connectivity index (χ1n) is 12.0. The summed E-state index contributed by atoms with van der Waals surface area (Å²) in [7, 11) is 0. The summed E-state index contributed by atoms with van der Waals surface area (Å²) < 4.78 is 27.5. The minimum Gasteiger partial charge on any atom is -0.462 e. The van der Waals surface area contributed by atoms with Crippen LogP contribution in [0.4, 0.5) is 5.69 Å². The van der Waals surface area contributed by atoms with E-state index < -0.39 is 29.2 Å². The average molecular weight is 467 g/mol. The Morgan fingerprint density at radius 1 is 1.03 bits per heavy atom. The largest absolute Gasteiger partial charge is 0.462 e. The van der Waals surface area contributed by atoms with Crippen LogP contribution in [0.3, 0.4) is 0 Å². The predicted molar refractivity (Wildman–Crippen MR) is 128 cm³/mol. The van der Waals surface area contributed by atoms with Crippen molar-refractivity contribution >= 4 is 28.8 Å². The maximum Gasteiger partial charge on any atom is 0.338 e. The summed E-state index contributed by atoms with van der Waals surface area (Å²) in [5, 5.41) is 3.03. The summed E-state index contributed by atoms with van der Waals surface area (Å²) in [6.45, 7) is 3.33. The lowest BCUT2D eigenvalue weighted by atomic mass is 10.1. The molecule has 0 spiro atoms. The molecular weight excluding hydrogens is 428 g/mol. The molecule has 1 heterocycles. The summed E-state index contributed by atoms with van der Waals surface area (Å²) >= 11 is -2.48. The summed E-state index contributed by atoms with van der Waals surface area (Å²) in [4.78, 5) is 24.8. The fourth-order valence-electron chi connectivity index (χ4n) is 3.90. The van der Waals surface area contributed by atoms with Gasteiger partial charge in [-0.15, -0.1) is 0 Å². The first-order chi connectivity index (χ1) is 15.5. The topological polar surface area (TPSA) is 95.9 Å². The Bertz CT molecular complexity index is 720. The van der Waals surface area contributed by atoms with Gasteiger partial charge in [0.1, 0.15) is 0 Å². The van der Waals surface area contributed by atoms with Gasteiger partial charge in [-0.05, 0) is 50.1 Å². The fraction of sp³-hybridized carbons (Fsp3) is 0.667. The van der Waals surface area contributed by atoms with Crippen LogP contribution in [-0.2, 0) is 20.8 Å². The van der Waals surface area contributed by atoms with Crippen molar-refractivity contribution in [3.63, 3.8) is 0 Å². The van der Waals surface area contributed by atoms with Gasteiger partial charge in [0, 0.05) is 0 Å². The first kappa shape index (κ1) is 26.5. The van der Waals surface area contributed by atoms with E-state index in [1.165, 1.54) is 69.2 Å². The van der Waals surface area contributed by atoms with Crippen molar-refractivity contribution in [3.05, 3.63) is 29.8 Å². The van der Waals surface area contributed by atoms with Crippen LogP contribution < -0.4 is 9.62 Å². The molecule has 2 atom stereocenters. The average Bonchev–Trinajstić information content (AvgIpc) is 3.33. The Morgan fingerprint density at radius 2 is 1.62 bits per heavy atom. The van der Waals surface area contributed by atoms with Crippen LogP contribution in [0.15, 0.2) is 24.3 Å². The van der Waals surface area contributed by atoms with Gasteiger partial charge in [-0.25, -0.2) is 13.3 Å². The quantitative estimate of drug-likeness (QED) is 0.215. The minimum atomic E-state index is -2.48. The molecule has 0 bridgehead atoms. The Balaban J connectivity index is 1.69. The number of nitrogens with one attached hydrogen (secondary N) is 1. The van der Waals surface area contributed by atoms with Gasteiger partial charge in [0.15, 0.2) is 0 Å². The predicted octanol–water partition coefficient (Wildman–Crippen LogP) is 4.99. The fourth-order valence-corrected chi connectivity index (χ4v) is 4.49. The number of anilines is 1. The van der Waals surface area contributed by atoms with Gasteiger partial charge in [0.25, 0.3) is 17.2 Å². The van der Waals surface area contributed by atoms with Crippen LogP contribution >= 0.6 is 0 Å². The van der Waals surface area contributed by atoms with Gasteiger partial charge < -0.3 is 10.1 Å². The molecule has 0 radical (unpaired) electrons. The van der Waals surface area contributed by atoms with Gasteiger partial charge in [-0.3, -0.25) is 9.35 Å². The molecule has 1 aliphatic rings. The number of amides is 1. The molecule has 7 nitrogen and oxygen atoms in total. The van der Waals surface area contributed by atoms with Crippen molar-refractivity contribution < 1.29 is 23.1 Å². The van der Waals surface area contributed by atoms with Gasteiger partial charge in [-0.2, -0.15) is 0 Å². The molecule has 1 aliphatic heterocycles. The number of nitrogens with zero attached hydrogens (tertiary/aromatic N) is 1. The van der Waals surface area contributed by atoms with Gasteiger partial charge in [0.05, 0.1) is 23.9 Å². The van der Waals surface area contributed by atoms with E-state index in [2.05, 4.69) is 12.2 Å². The molecule has 0 aromatic heterocycles. The van der Waals surface area contributed by atoms with E-state index in [9.17, 15) is 18.4 Å². The number of hydrogen-bond acceptors (Lipinski definition) is 5. The molecule has 1 aromatic carbocycles. The molecule has 8 heteroatoms. The van der Waals surface area contributed by atoms with Gasteiger partial charge >= 0.3 is 5.97 Å². The molecule has 1 aromatic rings. The van der Waals surface area contributed by atoms with Gasteiger partial charge in [-0.1, -0.05) is 64.7 Å². The third-order valence-electron chi connectivity index (χ3n) is 5.78. The van der Waals surface area contributed by atoms with Crippen LogP contribution in [0.1, 0.15) is 94.3 Å². The highest BCUT2D eigenvalue weighted by molar-refractivity contribution is 7.81. The third kappa shape index (κ3) is 9.00. The molecule has 2 rings (SSSR count). The van der Waals surface area contributed by atoms with Crippen LogP contribution in [0.25, 0.3) is 0 Å². The molecule has 1 saturated heterocycles. The van der Waals surface area contributed by atoms with Crippen molar-refractivity contribution in [1.29, 1.82) is 0 Å². The number of rotatable bonds is 15. The highest BCUT2D eigenvalue weighted by atomic mass is 32.2. The van der Waals surface area contributed by atoms with Crippen molar-refractivity contribution in [1.82, 2.24) is 5.32 Å². The van der Waals surface area contributed by atoms with Crippen LogP contribution in [0.2, 0.25) is 0 Å². The third-order valence-corrected chi connectivity index (χ3v) is 6.49. The van der Waals surface area contributed by atoms with Crippen molar-refractivity contribution in [2.75, 3.05) is 17.5 Å². The zero-order chi connectivity index (χ0) is 23.2. The monoisotopic (exact) mass is 466 g/mol. The zero-order valence-corrected chi connectivity index (χ0v) is 20.0. The number of esters is 1. The van der Waals surface area contributed by atoms with Crippen molar-refractivity contribution in [3.8, 4) is 0 Å². The zero-order valence-electron chi connectivity index (χ0n) is 19.2. The number of unbranched alkanes of at least 4 members (excludes halogenated alkanes) is 9. The molecule has 1 unspecified atom stereocenters. The maximum absolute atomic E-state index is 12.6. The molecule has 180 valence electrons. The highest BCUT2D eigenvalue weighted by Crippen LogP contribution is 2.21. The molecule has 32 heavy (non-hydrogen) atoms. The van der Waals surface area contributed by atoms with Crippen molar-refractivity contribution in [2.24, 2.45) is 0 Å². The smallest absolute Gasteiger partial charge is 0.338 e. The second kappa shape index (κ2) is 15.1. The standard InChI is InChI=1S/C24H38N2O5S/c1-2-3-4-5-6-7-8-9-10-11-19-31-24(28)20-14-16-21(17-15-20)26(32(29)30)23(27)22-13-12-18-25-22/h14-17,22,25H,2-13,18-19H2,1H3,(H,29,30)/t22-/m0/s1. The molecule has 1 fully saturated rings. The summed E-state index contributed by atoms with van der Waals surface area (Å²) in [5.41, 5.74) is 0.631. The van der Waals surface area contributed by atoms with E-state index in [0.29, 0.717) is 25.1 Å². The molecule has 2 N–H and O–H groups in total. The SMILES string of the molecule is CCCCCCCCCCCCOC(=O)c1ccc(N(C(=O)[C@@H]2CCCN2)S(=O)O)cc1. The first-order valence-corrected chi connectivity index (χ1v) is 13.1. The van der Waals surface area contributed by atoms with E-state index in [1.54, 1.807) is 0 Å². The summed E-state index contributed by atoms with van der Waals surface area (Å²) in [5.74, 6) is -0.868. The number of carbonyl (C=O) groups excluding carboxylic acids is 2. The lowest BCUT2D eigenvalue weighted by Crippen LogP contribution is -2.44. The van der Waals surface area contributed by atoms with E-state index in [0.717, 1.165) is 30.0 Å². The lowest BCUT2D eigenvalue weighted by Gasteiger charge is -2.21. The Morgan fingerprint density at radius 3 is 2.16 bits per heavy atom. The molecule has 0 aliphatic carbocycles. The van der Waals surface area contributed by atoms with Crippen LogP contribution in [0, 0.1) is 0 Å². The summed E-state index contributed by atoms with van der Waals surface area (Å²) in [6.07, 6.45) is 13.7. The Labute approximate surface area is 194 Å². The van der Waals surface area contributed by atoms with Gasteiger partial charge in [0.2, 0.25) is 0 Å². The molecular formula is C24H38N2O5S. The van der Waals surface area contributed by atoms with E-state index >= 15 is 0 Å². The van der Waals surface area contributed by atoms with E-state index in [1.807, 2.05) is 0 Å². The maximum atomic E-state index is 12.6. The Kier molecular flexibility index (Phi) is 12.5. The van der Waals surface area contributed by atoms with Crippen LogP contribution in [0.5, 0.6) is 0 Å². The molecule has 1 amide bonds.